The molecule has 118 valence electrons. The lowest BCUT2D eigenvalue weighted by Crippen LogP contribution is -2.53. The number of likely N-dealkylation sites (N-methyl/N-ethyl adjacent to an activating group) is 2. The van der Waals surface area contributed by atoms with Crippen molar-refractivity contribution in [2.45, 2.75) is 71.0 Å². The van der Waals surface area contributed by atoms with Gasteiger partial charge >= 0.3 is 0 Å². The van der Waals surface area contributed by atoms with Crippen LogP contribution in [0.15, 0.2) is 0 Å². The van der Waals surface area contributed by atoms with Crippen LogP contribution in [0.5, 0.6) is 0 Å². The topological polar surface area (TPSA) is 32.5 Å². The summed E-state index contributed by atoms with van der Waals surface area (Å²) >= 11 is 0. The molecule has 0 spiro atoms. The Kier molecular flexibility index (Phi) is 5.14. The van der Waals surface area contributed by atoms with Crippen molar-refractivity contribution in [3.8, 4) is 0 Å². The summed E-state index contributed by atoms with van der Waals surface area (Å²) in [5.74, 6) is 0.816. The predicted molar refractivity (Wildman–Crippen MR) is 86.8 cm³/mol. The molecular formula is C17H35N3. The van der Waals surface area contributed by atoms with Crippen LogP contribution in [0.4, 0.5) is 0 Å². The lowest BCUT2D eigenvalue weighted by atomic mass is 9.69. The van der Waals surface area contributed by atoms with Gasteiger partial charge < -0.3 is 15.5 Å². The third-order valence-corrected chi connectivity index (χ3v) is 5.83. The summed E-state index contributed by atoms with van der Waals surface area (Å²) in [6.45, 7) is 9.61. The first-order valence-corrected chi connectivity index (χ1v) is 8.45. The number of hydrogen-bond acceptors (Lipinski definition) is 3. The van der Waals surface area contributed by atoms with Gasteiger partial charge in [-0.1, -0.05) is 20.8 Å². The highest BCUT2D eigenvalue weighted by Gasteiger charge is 2.37. The molecule has 4 atom stereocenters. The Labute approximate surface area is 125 Å². The van der Waals surface area contributed by atoms with E-state index in [0.717, 1.165) is 12.0 Å². The van der Waals surface area contributed by atoms with Crippen LogP contribution in [0.25, 0.3) is 0 Å². The summed E-state index contributed by atoms with van der Waals surface area (Å²) in [5.41, 5.74) is 6.86. The molecule has 20 heavy (non-hydrogen) atoms. The zero-order valence-electron chi connectivity index (χ0n) is 14.2. The molecule has 0 aromatic rings. The zero-order chi connectivity index (χ0) is 14.9. The summed E-state index contributed by atoms with van der Waals surface area (Å²) in [7, 11) is 4.56. The van der Waals surface area contributed by atoms with Crippen LogP contribution >= 0.6 is 0 Å². The monoisotopic (exact) mass is 281 g/mol. The number of nitrogens with two attached hydrogens (primary N) is 1. The number of nitrogens with zero attached hydrogens (tertiary/aromatic N) is 2. The second-order valence-corrected chi connectivity index (χ2v) is 8.32. The van der Waals surface area contributed by atoms with Crippen LogP contribution < -0.4 is 5.73 Å². The normalized spacial score (nSPS) is 36.8. The van der Waals surface area contributed by atoms with Crippen molar-refractivity contribution in [2.24, 2.45) is 17.1 Å². The molecular weight excluding hydrogens is 246 g/mol. The Bertz CT molecular complexity index is 310. The average molecular weight is 281 g/mol. The molecule has 2 rings (SSSR count). The lowest BCUT2D eigenvalue weighted by molar-refractivity contribution is 0.0717. The summed E-state index contributed by atoms with van der Waals surface area (Å²) in [6, 6.07) is 1.68. The van der Waals surface area contributed by atoms with E-state index in [4.69, 9.17) is 5.73 Å². The Morgan fingerprint density at radius 1 is 1.20 bits per heavy atom. The van der Waals surface area contributed by atoms with E-state index in [-0.39, 0.29) is 0 Å². The largest absolute Gasteiger partial charge is 0.326 e. The van der Waals surface area contributed by atoms with E-state index >= 15 is 0 Å². The molecule has 4 unspecified atom stereocenters. The maximum Gasteiger partial charge on any atom is 0.0247 e. The van der Waals surface area contributed by atoms with Crippen molar-refractivity contribution in [3.63, 3.8) is 0 Å². The van der Waals surface area contributed by atoms with Gasteiger partial charge in [-0.15, -0.1) is 0 Å². The van der Waals surface area contributed by atoms with Crippen LogP contribution in [0.2, 0.25) is 0 Å². The molecule has 0 amide bonds. The second kappa shape index (κ2) is 6.33. The summed E-state index contributed by atoms with van der Waals surface area (Å²) < 4.78 is 0. The highest BCUT2D eigenvalue weighted by molar-refractivity contribution is 4.93. The molecule has 0 radical (unpaired) electrons. The van der Waals surface area contributed by atoms with E-state index < -0.39 is 0 Å². The number of rotatable bonds is 3. The molecule has 0 aromatic heterocycles. The standard InChI is InChI=1S/C17H35N3/c1-17(2,3)13-8-9-15(18)16(11-13)20(5)12-14-7-6-10-19(14)4/h13-16H,6-12,18H2,1-5H3. The summed E-state index contributed by atoms with van der Waals surface area (Å²) in [6.07, 6.45) is 6.48. The molecule has 2 fully saturated rings. The molecule has 3 nitrogen and oxygen atoms in total. The van der Waals surface area contributed by atoms with Gasteiger partial charge in [-0.25, -0.2) is 0 Å². The SMILES string of the molecule is CN1CCCC1CN(C)C1CC(C(C)(C)C)CCC1N. The molecule has 2 N–H and O–H groups in total. The van der Waals surface area contributed by atoms with Crippen molar-refractivity contribution in [2.75, 3.05) is 27.2 Å². The van der Waals surface area contributed by atoms with E-state index in [0.29, 0.717) is 17.5 Å². The highest BCUT2D eigenvalue weighted by atomic mass is 15.2. The Hall–Kier alpha value is -0.120. The minimum absolute atomic E-state index is 0.366. The van der Waals surface area contributed by atoms with E-state index in [1.807, 2.05) is 0 Å². The second-order valence-electron chi connectivity index (χ2n) is 8.32. The van der Waals surface area contributed by atoms with Gasteiger partial charge in [0.25, 0.3) is 0 Å². The fourth-order valence-electron chi connectivity index (χ4n) is 4.14. The average Bonchev–Trinajstić information content (AvgIpc) is 2.74. The van der Waals surface area contributed by atoms with Gasteiger partial charge in [0, 0.05) is 24.7 Å². The fourth-order valence-corrected chi connectivity index (χ4v) is 4.14. The lowest BCUT2D eigenvalue weighted by Gasteiger charge is -2.45. The summed E-state index contributed by atoms with van der Waals surface area (Å²) in [4.78, 5) is 5.08. The minimum Gasteiger partial charge on any atom is -0.326 e. The maximum atomic E-state index is 6.44. The highest BCUT2D eigenvalue weighted by Crippen LogP contribution is 2.38. The molecule has 2 aliphatic rings. The third kappa shape index (κ3) is 3.75. The van der Waals surface area contributed by atoms with Crippen molar-refractivity contribution >= 4 is 0 Å². The van der Waals surface area contributed by atoms with Gasteiger partial charge in [-0.3, -0.25) is 0 Å². The smallest absolute Gasteiger partial charge is 0.0247 e. The molecule has 0 bridgehead atoms. The van der Waals surface area contributed by atoms with Crippen molar-refractivity contribution < 1.29 is 0 Å². The predicted octanol–water partition coefficient (Wildman–Crippen LogP) is 2.55. The summed E-state index contributed by atoms with van der Waals surface area (Å²) in [5, 5.41) is 0. The molecule has 1 saturated heterocycles. The van der Waals surface area contributed by atoms with Crippen LogP contribution in [0.3, 0.4) is 0 Å². The molecule has 1 aliphatic heterocycles. The van der Waals surface area contributed by atoms with Gasteiger partial charge in [0.15, 0.2) is 0 Å². The van der Waals surface area contributed by atoms with E-state index in [9.17, 15) is 0 Å². The van der Waals surface area contributed by atoms with Crippen LogP contribution in [-0.4, -0.2) is 55.1 Å². The van der Waals surface area contributed by atoms with E-state index in [1.165, 1.54) is 45.2 Å². The van der Waals surface area contributed by atoms with Crippen LogP contribution in [0, 0.1) is 11.3 Å². The van der Waals surface area contributed by atoms with Crippen molar-refractivity contribution in [3.05, 3.63) is 0 Å². The van der Waals surface area contributed by atoms with Gasteiger partial charge in [0.05, 0.1) is 0 Å². The minimum atomic E-state index is 0.366. The first-order chi connectivity index (χ1) is 9.29. The van der Waals surface area contributed by atoms with Crippen LogP contribution in [0.1, 0.15) is 52.9 Å². The van der Waals surface area contributed by atoms with Crippen LogP contribution in [-0.2, 0) is 0 Å². The first kappa shape index (κ1) is 16.3. The number of hydrogen-bond donors (Lipinski definition) is 1. The maximum absolute atomic E-state index is 6.44. The Morgan fingerprint density at radius 3 is 2.45 bits per heavy atom. The Morgan fingerprint density at radius 2 is 1.90 bits per heavy atom. The van der Waals surface area contributed by atoms with Gasteiger partial charge in [-0.2, -0.15) is 0 Å². The quantitative estimate of drug-likeness (QED) is 0.863. The molecule has 1 saturated carbocycles. The van der Waals surface area contributed by atoms with Gasteiger partial charge in [0.2, 0.25) is 0 Å². The third-order valence-electron chi connectivity index (χ3n) is 5.83. The van der Waals surface area contributed by atoms with E-state index in [2.05, 4.69) is 44.7 Å². The van der Waals surface area contributed by atoms with Crippen molar-refractivity contribution in [1.82, 2.24) is 9.80 Å². The molecule has 1 aliphatic carbocycles. The number of likely N-dealkylation sites (tertiary alicyclic amines) is 1. The van der Waals surface area contributed by atoms with E-state index in [1.54, 1.807) is 0 Å². The van der Waals surface area contributed by atoms with Gasteiger partial charge in [-0.05, 0) is 64.1 Å². The fraction of sp³-hybridized carbons (Fsp3) is 1.00. The molecule has 3 heteroatoms. The first-order valence-electron chi connectivity index (χ1n) is 8.45. The van der Waals surface area contributed by atoms with Gasteiger partial charge in [0.1, 0.15) is 0 Å². The Balaban J connectivity index is 1.94. The zero-order valence-corrected chi connectivity index (χ0v) is 14.2. The molecule has 1 heterocycles. The molecule has 0 aromatic carbocycles. The van der Waals surface area contributed by atoms with Crippen molar-refractivity contribution in [1.29, 1.82) is 0 Å².